The van der Waals surface area contributed by atoms with Gasteiger partial charge in [-0.25, -0.2) is 0 Å². The molecule has 78 valence electrons. The molecule has 0 aliphatic heterocycles. The van der Waals surface area contributed by atoms with Crippen LogP contribution in [0.25, 0.3) is 0 Å². The molecule has 0 aromatic carbocycles. The van der Waals surface area contributed by atoms with Crippen molar-refractivity contribution in [2.45, 2.75) is 25.7 Å². The first-order chi connectivity index (χ1) is 6.70. The number of aliphatic carboxylic acids is 1. The molecule has 1 aliphatic rings. The van der Waals surface area contributed by atoms with Gasteiger partial charge in [-0.2, -0.15) is 0 Å². The second kappa shape index (κ2) is 5.47. The van der Waals surface area contributed by atoms with Crippen LogP contribution in [0, 0.1) is 0 Å². The Bertz CT molecular complexity index is 256. The molecule has 14 heavy (non-hydrogen) atoms. The zero-order chi connectivity index (χ0) is 10.4. The normalized spacial score (nSPS) is 15.1. The molecule has 0 amide bonds. The van der Waals surface area contributed by atoms with E-state index in [-0.39, 0.29) is 6.42 Å². The van der Waals surface area contributed by atoms with Crippen molar-refractivity contribution >= 4 is 5.97 Å². The Kier molecular flexibility index (Phi) is 4.23. The summed E-state index contributed by atoms with van der Waals surface area (Å²) in [6, 6.07) is 0. The highest BCUT2D eigenvalue weighted by Gasteiger charge is 2.04. The maximum absolute atomic E-state index is 10.3. The third-order valence-electron chi connectivity index (χ3n) is 2.30. The molecule has 0 bridgehead atoms. The highest BCUT2D eigenvalue weighted by molar-refractivity contribution is 5.66. The summed E-state index contributed by atoms with van der Waals surface area (Å²) in [4.78, 5) is 12.4. The fraction of sp³-hybridized carbons (Fsp3) is 0.545. The van der Waals surface area contributed by atoms with Crippen LogP contribution in [0.4, 0.5) is 0 Å². The van der Waals surface area contributed by atoms with Gasteiger partial charge in [0.15, 0.2) is 0 Å². The lowest BCUT2D eigenvalue weighted by Gasteiger charge is -2.21. The van der Waals surface area contributed by atoms with Crippen molar-refractivity contribution in [1.82, 2.24) is 4.90 Å². The summed E-state index contributed by atoms with van der Waals surface area (Å²) >= 11 is 0. The molecule has 1 rings (SSSR count). The predicted molar refractivity (Wildman–Crippen MR) is 56.0 cm³/mol. The molecule has 1 N–H and O–H groups in total. The van der Waals surface area contributed by atoms with Gasteiger partial charge in [-0.15, -0.1) is 0 Å². The summed E-state index contributed by atoms with van der Waals surface area (Å²) in [7, 11) is 2.00. The second-order valence-electron chi connectivity index (χ2n) is 3.53. The molecule has 3 heteroatoms. The minimum atomic E-state index is -0.716. The molecule has 0 radical (unpaired) electrons. The Morgan fingerprint density at radius 3 is 2.93 bits per heavy atom. The minimum absolute atomic E-state index is 0.251. The lowest BCUT2D eigenvalue weighted by molar-refractivity contribution is -0.137. The highest BCUT2D eigenvalue weighted by atomic mass is 16.4. The molecule has 0 aromatic rings. The fourth-order valence-electron chi connectivity index (χ4n) is 1.48. The molecular formula is C11H17NO2. The highest BCUT2D eigenvalue weighted by Crippen LogP contribution is 2.13. The molecule has 0 spiro atoms. The van der Waals surface area contributed by atoms with Gasteiger partial charge in [-0.1, -0.05) is 12.2 Å². The number of rotatable bonds is 5. The zero-order valence-electron chi connectivity index (χ0n) is 8.57. The van der Waals surface area contributed by atoms with Gasteiger partial charge in [0.05, 0.1) is 0 Å². The molecule has 0 unspecified atom stereocenters. The fourth-order valence-corrected chi connectivity index (χ4v) is 1.48. The van der Waals surface area contributed by atoms with Crippen molar-refractivity contribution in [3.8, 4) is 0 Å². The van der Waals surface area contributed by atoms with Crippen molar-refractivity contribution in [1.29, 1.82) is 0 Å². The summed E-state index contributed by atoms with van der Waals surface area (Å²) in [5.41, 5.74) is 1.21. The molecule has 1 aliphatic carbocycles. The van der Waals surface area contributed by atoms with Crippen molar-refractivity contribution in [3.63, 3.8) is 0 Å². The molecule has 0 fully saturated rings. The standard InChI is InChI=1S/C11H17NO2/c1-12(9-5-8-11(13)14)10-6-3-2-4-7-10/h3,6-7H,2,4-5,8-9H2,1H3,(H,13,14). The maximum atomic E-state index is 10.3. The van der Waals surface area contributed by atoms with Gasteiger partial charge >= 0.3 is 5.97 Å². The molecule has 0 atom stereocenters. The Labute approximate surface area is 84.7 Å². The number of hydrogen-bond donors (Lipinski definition) is 1. The van der Waals surface area contributed by atoms with Crippen molar-refractivity contribution < 1.29 is 9.90 Å². The van der Waals surface area contributed by atoms with E-state index in [1.807, 2.05) is 7.05 Å². The number of carboxylic acids is 1. The maximum Gasteiger partial charge on any atom is 0.303 e. The average Bonchev–Trinajstić information content (AvgIpc) is 2.18. The molecule has 0 heterocycles. The van der Waals surface area contributed by atoms with Gasteiger partial charge in [-0.3, -0.25) is 4.79 Å². The number of carboxylic acid groups (broad SMARTS) is 1. The van der Waals surface area contributed by atoms with Crippen LogP contribution < -0.4 is 0 Å². The van der Waals surface area contributed by atoms with E-state index < -0.39 is 5.97 Å². The summed E-state index contributed by atoms with van der Waals surface area (Å²) in [6.07, 6.45) is 9.62. The summed E-state index contributed by atoms with van der Waals surface area (Å²) < 4.78 is 0. The van der Waals surface area contributed by atoms with Gasteiger partial charge in [0.25, 0.3) is 0 Å². The quantitative estimate of drug-likeness (QED) is 0.729. The zero-order valence-corrected chi connectivity index (χ0v) is 8.57. The van der Waals surface area contributed by atoms with E-state index in [1.165, 1.54) is 5.70 Å². The van der Waals surface area contributed by atoms with E-state index in [9.17, 15) is 4.79 Å². The third kappa shape index (κ3) is 3.64. The Balaban J connectivity index is 2.27. The molecule has 0 saturated heterocycles. The number of likely N-dealkylation sites (N-methyl/N-ethyl adjacent to an activating group) is 1. The summed E-state index contributed by atoms with van der Waals surface area (Å²) in [5.74, 6) is -0.716. The monoisotopic (exact) mass is 195 g/mol. The number of allylic oxidation sites excluding steroid dienone is 3. The smallest absolute Gasteiger partial charge is 0.303 e. The average molecular weight is 195 g/mol. The second-order valence-corrected chi connectivity index (χ2v) is 3.53. The summed E-state index contributed by atoms with van der Waals surface area (Å²) in [6.45, 7) is 0.808. The predicted octanol–water partition coefficient (Wildman–Crippen LogP) is 2.02. The number of carbonyl (C=O) groups is 1. The Hall–Kier alpha value is -1.25. The summed E-state index contributed by atoms with van der Waals surface area (Å²) in [5, 5.41) is 8.49. The van der Waals surface area contributed by atoms with Gasteiger partial charge < -0.3 is 10.0 Å². The lowest BCUT2D eigenvalue weighted by Crippen LogP contribution is -2.19. The third-order valence-corrected chi connectivity index (χ3v) is 2.30. The van der Waals surface area contributed by atoms with Crippen molar-refractivity contribution in [3.05, 3.63) is 23.9 Å². The van der Waals surface area contributed by atoms with E-state index >= 15 is 0 Å². The van der Waals surface area contributed by atoms with E-state index in [0.717, 1.165) is 19.4 Å². The minimum Gasteiger partial charge on any atom is -0.481 e. The molecular weight excluding hydrogens is 178 g/mol. The van der Waals surface area contributed by atoms with E-state index in [2.05, 4.69) is 23.1 Å². The van der Waals surface area contributed by atoms with Gasteiger partial charge in [-0.05, 0) is 25.3 Å². The van der Waals surface area contributed by atoms with Crippen LogP contribution in [0.2, 0.25) is 0 Å². The first kappa shape index (κ1) is 10.8. The van der Waals surface area contributed by atoms with Crippen LogP contribution in [0.15, 0.2) is 23.9 Å². The van der Waals surface area contributed by atoms with E-state index in [4.69, 9.17) is 5.11 Å². The number of nitrogens with zero attached hydrogens (tertiary/aromatic N) is 1. The van der Waals surface area contributed by atoms with Crippen LogP contribution in [0.5, 0.6) is 0 Å². The SMILES string of the molecule is CN(CCCC(=O)O)C1=CCCC=C1. The van der Waals surface area contributed by atoms with Gasteiger partial charge in [0, 0.05) is 25.7 Å². The lowest BCUT2D eigenvalue weighted by atomic mass is 10.1. The topological polar surface area (TPSA) is 40.5 Å². The van der Waals surface area contributed by atoms with E-state index in [0.29, 0.717) is 6.42 Å². The van der Waals surface area contributed by atoms with E-state index in [1.54, 1.807) is 0 Å². The van der Waals surface area contributed by atoms with Crippen LogP contribution in [0.3, 0.4) is 0 Å². The van der Waals surface area contributed by atoms with Crippen LogP contribution in [-0.4, -0.2) is 29.6 Å². The van der Waals surface area contributed by atoms with Gasteiger partial charge in [0.2, 0.25) is 0 Å². The van der Waals surface area contributed by atoms with Crippen LogP contribution in [0.1, 0.15) is 25.7 Å². The Morgan fingerprint density at radius 2 is 2.36 bits per heavy atom. The first-order valence-corrected chi connectivity index (χ1v) is 5.00. The number of hydrogen-bond acceptors (Lipinski definition) is 2. The molecule has 3 nitrogen and oxygen atoms in total. The first-order valence-electron chi connectivity index (χ1n) is 5.00. The van der Waals surface area contributed by atoms with Crippen LogP contribution in [-0.2, 0) is 4.79 Å². The van der Waals surface area contributed by atoms with Crippen molar-refractivity contribution in [2.75, 3.05) is 13.6 Å². The van der Waals surface area contributed by atoms with Crippen LogP contribution >= 0.6 is 0 Å². The Morgan fingerprint density at radius 1 is 1.57 bits per heavy atom. The van der Waals surface area contributed by atoms with Gasteiger partial charge in [0.1, 0.15) is 0 Å². The molecule has 0 aromatic heterocycles. The molecule has 0 saturated carbocycles. The van der Waals surface area contributed by atoms with Crippen molar-refractivity contribution in [2.24, 2.45) is 0 Å². The largest absolute Gasteiger partial charge is 0.481 e.